The molecule has 27 heavy (non-hydrogen) atoms. The molecule has 0 aliphatic carbocycles. The van der Waals surface area contributed by atoms with Crippen LogP contribution in [0.5, 0.6) is 11.5 Å². The highest BCUT2D eigenvalue weighted by atomic mass is 16.5. The Balaban J connectivity index is 1.79. The summed E-state index contributed by atoms with van der Waals surface area (Å²) in [6, 6.07) is 20.7. The van der Waals surface area contributed by atoms with Gasteiger partial charge < -0.3 is 15.2 Å². The quantitative estimate of drug-likeness (QED) is 0.549. The number of ether oxygens (including phenoxy) is 1. The number of anilines is 1. The second-order valence-corrected chi connectivity index (χ2v) is 6.14. The molecule has 2 N–H and O–H groups in total. The normalized spacial score (nSPS) is 11.9. The average molecular weight is 357 g/mol. The van der Waals surface area contributed by atoms with E-state index in [1.165, 1.54) is 0 Å². The summed E-state index contributed by atoms with van der Waals surface area (Å²) >= 11 is 0. The highest BCUT2D eigenvalue weighted by Gasteiger charge is 2.21. The highest BCUT2D eigenvalue weighted by Crippen LogP contribution is 2.35. The van der Waals surface area contributed by atoms with Gasteiger partial charge >= 0.3 is 0 Å². The summed E-state index contributed by atoms with van der Waals surface area (Å²) in [7, 11) is 1.64. The van der Waals surface area contributed by atoms with Gasteiger partial charge in [-0.15, -0.1) is 0 Å². The van der Waals surface area contributed by atoms with Gasteiger partial charge in [-0.1, -0.05) is 24.3 Å². The summed E-state index contributed by atoms with van der Waals surface area (Å²) in [5.41, 5.74) is 2.99. The van der Waals surface area contributed by atoms with Gasteiger partial charge in [0.2, 0.25) is 0 Å². The van der Waals surface area contributed by atoms with E-state index in [4.69, 9.17) is 4.74 Å². The molecule has 4 aromatic rings. The Hall–Kier alpha value is -3.60. The average Bonchev–Trinajstić information content (AvgIpc) is 2.74. The van der Waals surface area contributed by atoms with Crippen molar-refractivity contribution < 1.29 is 9.84 Å². The molecule has 5 nitrogen and oxygen atoms in total. The van der Waals surface area contributed by atoms with Crippen molar-refractivity contribution in [1.82, 2.24) is 9.97 Å². The fourth-order valence-corrected chi connectivity index (χ4v) is 3.09. The van der Waals surface area contributed by atoms with Crippen LogP contribution >= 0.6 is 0 Å². The summed E-state index contributed by atoms with van der Waals surface area (Å²) in [6.45, 7) is 0. The predicted molar refractivity (Wildman–Crippen MR) is 106 cm³/mol. The van der Waals surface area contributed by atoms with Gasteiger partial charge in [-0.05, 0) is 42.5 Å². The number of pyridine rings is 2. The number of aromatic nitrogens is 2. The second kappa shape index (κ2) is 7.33. The van der Waals surface area contributed by atoms with Gasteiger partial charge in [-0.25, -0.2) is 0 Å². The summed E-state index contributed by atoms with van der Waals surface area (Å²) in [4.78, 5) is 8.82. The number of nitrogens with one attached hydrogen (secondary N) is 1. The number of hydrogen-bond acceptors (Lipinski definition) is 5. The van der Waals surface area contributed by atoms with Crippen LogP contribution in [0.25, 0.3) is 10.9 Å². The fourth-order valence-electron chi connectivity index (χ4n) is 3.09. The minimum atomic E-state index is -0.328. The summed E-state index contributed by atoms with van der Waals surface area (Å²) in [5.74, 6) is 0.942. The zero-order valence-electron chi connectivity index (χ0n) is 14.8. The van der Waals surface area contributed by atoms with Crippen molar-refractivity contribution in [2.45, 2.75) is 6.04 Å². The van der Waals surface area contributed by atoms with E-state index in [-0.39, 0.29) is 11.8 Å². The monoisotopic (exact) mass is 357 g/mol. The molecule has 1 atom stereocenters. The molecule has 2 aromatic heterocycles. The van der Waals surface area contributed by atoms with E-state index in [9.17, 15) is 5.11 Å². The zero-order valence-corrected chi connectivity index (χ0v) is 14.8. The third-order valence-electron chi connectivity index (χ3n) is 4.47. The number of aromatic hydroxyl groups is 1. The lowest BCUT2D eigenvalue weighted by molar-refractivity contribution is 0.415. The van der Waals surface area contributed by atoms with Gasteiger partial charge in [-0.3, -0.25) is 9.97 Å². The van der Waals surface area contributed by atoms with Crippen LogP contribution in [0.2, 0.25) is 0 Å². The van der Waals surface area contributed by atoms with E-state index in [0.717, 1.165) is 28.1 Å². The first-order valence-electron chi connectivity index (χ1n) is 8.64. The van der Waals surface area contributed by atoms with Crippen LogP contribution < -0.4 is 10.1 Å². The van der Waals surface area contributed by atoms with E-state index < -0.39 is 0 Å². The number of phenolic OH excluding ortho intramolecular Hbond substituents is 1. The van der Waals surface area contributed by atoms with Crippen LogP contribution in [0.3, 0.4) is 0 Å². The molecular weight excluding hydrogens is 338 g/mol. The lowest BCUT2D eigenvalue weighted by Crippen LogP contribution is -2.14. The number of hydrogen-bond donors (Lipinski definition) is 2. The minimum Gasteiger partial charge on any atom is -0.505 e. The molecule has 2 aromatic carbocycles. The molecule has 0 unspecified atom stereocenters. The first-order chi connectivity index (χ1) is 13.3. The van der Waals surface area contributed by atoms with Gasteiger partial charge in [0.1, 0.15) is 17.0 Å². The summed E-state index contributed by atoms with van der Waals surface area (Å²) < 4.78 is 5.22. The lowest BCUT2D eigenvalue weighted by Gasteiger charge is -2.21. The van der Waals surface area contributed by atoms with Crippen molar-refractivity contribution >= 4 is 16.6 Å². The van der Waals surface area contributed by atoms with Gasteiger partial charge in [0, 0.05) is 29.0 Å². The smallest absolute Gasteiger partial charge is 0.147 e. The Kier molecular flexibility index (Phi) is 4.58. The largest absolute Gasteiger partial charge is 0.505 e. The van der Waals surface area contributed by atoms with Gasteiger partial charge in [0.15, 0.2) is 0 Å². The van der Waals surface area contributed by atoms with Crippen LogP contribution in [-0.4, -0.2) is 22.2 Å². The molecule has 2 heterocycles. The van der Waals surface area contributed by atoms with Crippen molar-refractivity contribution in [1.29, 1.82) is 0 Å². The van der Waals surface area contributed by atoms with Crippen LogP contribution in [0.4, 0.5) is 5.69 Å². The summed E-state index contributed by atoms with van der Waals surface area (Å²) in [5, 5.41) is 15.2. The van der Waals surface area contributed by atoms with E-state index in [0.29, 0.717) is 5.52 Å². The van der Waals surface area contributed by atoms with E-state index in [2.05, 4.69) is 15.3 Å². The first kappa shape index (κ1) is 16.8. The zero-order chi connectivity index (χ0) is 18.6. The molecular formula is C22H19N3O2. The van der Waals surface area contributed by atoms with Crippen molar-refractivity contribution in [2.75, 3.05) is 12.4 Å². The maximum absolute atomic E-state index is 10.9. The van der Waals surface area contributed by atoms with Gasteiger partial charge in [-0.2, -0.15) is 0 Å². The highest BCUT2D eigenvalue weighted by molar-refractivity contribution is 5.85. The number of benzene rings is 2. The Morgan fingerprint density at radius 2 is 1.70 bits per heavy atom. The summed E-state index contributed by atoms with van der Waals surface area (Å²) in [6.07, 6.45) is 3.42. The molecule has 0 aliphatic rings. The molecule has 5 heteroatoms. The third kappa shape index (κ3) is 3.40. The topological polar surface area (TPSA) is 67.3 Å². The second-order valence-electron chi connectivity index (χ2n) is 6.14. The number of nitrogens with zero attached hydrogens (tertiary/aromatic N) is 2. The fraction of sp³-hybridized carbons (Fsp3) is 0.0909. The van der Waals surface area contributed by atoms with Crippen molar-refractivity contribution in [3.8, 4) is 11.5 Å². The Morgan fingerprint density at radius 1 is 0.889 bits per heavy atom. The van der Waals surface area contributed by atoms with Gasteiger partial charge in [0.25, 0.3) is 0 Å². The molecule has 134 valence electrons. The molecule has 0 saturated carbocycles. The Bertz CT molecular complexity index is 1050. The first-order valence-corrected chi connectivity index (χ1v) is 8.64. The lowest BCUT2D eigenvalue weighted by atomic mass is 9.99. The van der Waals surface area contributed by atoms with Crippen LogP contribution in [0.15, 0.2) is 79.1 Å². The van der Waals surface area contributed by atoms with Crippen molar-refractivity contribution in [3.63, 3.8) is 0 Å². The number of methoxy groups -OCH3 is 1. The molecule has 0 amide bonds. The molecule has 0 saturated heterocycles. The molecule has 0 fully saturated rings. The standard InChI is InChI=1S/C22H19N3O2/c1-27-17-10-8-16(9-11-17)25-21(19-6-2-3-13-23-19)18-12-7-15-5-4-14-24-20(15)22(18)26/h2-14,21,25-26H,1H3/t21-/m1/s1. The predicted octanol–water partition coefficient (Wildman–Crippen LogP) is 4.55. The Labute approximate surface area is 157 Å². The van der Waals surface area contributed by atoms with Crippen molar-refractivity contribution in [3.05, 3.63) is 90.4 Å². The van der Waals surface area contributed by atoms with Crippen LogP contribution in [0, 0.1) is 0 Å². The maximum atomic E-state index is 10.9. The van der Waals surface area contributed by atoms with E-state index in [1.807, 2.05) is 66.7 Å². The molecule has 4 rings (SSSR count). The van der Waals surface area contributed by atoms with Gasteiger partial charge in [0.05, 0.1) is 18.8 Å². The van der Waals surface area contributed by atoms with E-state index >= 15 is 0 Å². The van der Waals surface area contributed by atoms with Crippen LogP contribution in [0.1, 0.15) is 17.3 Å². The maximum Gasteiger partial charge on any atom is 0.147 e. The minimum absolute atomic E-state index is 0.157. The number of phenols is 1. The van der Waals surface area contributed by atoms with Crippen LogP contribution in [-0.2, 0) is 0 Å². The molecule has 0 spiro atoms. The SMILES string of the molecule is COc1ccc(N[C@@H](c2ccccn2)c2ccc3cccnc3c2O)cc1. The van der Waals surface area contributed by atoms with Crippen molar-refractivity contribution in [2.24, 2.45) is 0 Å². The number of rotatable bonds is 5. The van der Waals surface area contributed by atoms with E-state index in [1.54, 1.807) is 19.5 Å². The molecule has 0 bridgehead atoms. The number of fused-ring (bicyclic) bond motifs is 1. The molecule has 0 radical (unpaired) electrons. The third-order valence-corrected chi connectivity index (χ3v) is 4.47. The molecule has 0 aliphatic heterocycles. The Morgan fingerprint density at radius 3 is 2.44 bits per heavy atom.